The molecule has 0 aliphatic heterocycles. The Hall–Kier alpha value is -1.60. The van der Waals surface area contributed by atoms with Crippen molar-refractivity contribution in [2.75, 3.05) is 11.9 Å². The Bertz CT molecular complexity index is 884. The molecule has 6 nitrogen and oxygen atoms in total. The Kier molecular flexibility index (Phi) is 6.54. The Morgan fingerprint density at radius 2 is 1.57 bits per heavy atom. The SMILES string of the molecule is CC(C)N(CC(C)S(=O)(=O)NC(=O)Nc1c2c(cc3c1CCC3)CCC2)C(C)(C)C. The van der Waals surface area contributed by atoms with E-state index in [0.29, 0.717) is 6.54 Å². The number of sulfonamides is 1. The topological polar surface area (TPSA) is 78.5 Å². The molecule has 0 bridgehead atoms. The highest BCUT2D eigenvalue weighted by Crippen LogP contribution is 2.38. The van der Waals surface area contributed by atoms with Gasteiger partial charge in [-0.1, -0.05) is 6.07 Å². The molecule has 0 saturated heterocycles. The first-order chi connectivity index (χ1) is 13.9. The van der Waals surface area contributed by atoms with E-state index in [0.717, 1.165) is 44.2 Å². The zero-order chi connectivity index (χ0) is 22.3. The van der Waals surface area contributed by atoms with Gasteiger partial charge in [-0.3, -0.25) is 4.90 Å². The second-order valence-electron chi connectivity index (χ2n) is 10.1. The number of hydrogen-bond acceptors (Lipinski definition) is 4. The maximum Gasteiger partial charge on any atom is 0.332 e. The summed E-state index contributed by atoms with van der Waals surface area (Å²) in [5.74, 6) is 0. The molecular formula is C23H37N3O3S. The normalized spacial score (nSPS) is 17.2. The number of benzene rings is 1. The lowest BCUT2D eigenvalue weighted by atomic mass is 9.99. The first-order valence-corrected chi connectivity index (χ1v) is 12.7. The van der Waals surface area contributed by atoms with Crippen molar-refractivity contribution in [1.82, 2.24) is 9.62 Å². The number of urea groups is 1. The minimum Gasteiger partial charge on any atom is -0.307 e. The summed E-state index contributed by atoms with van der Waals surface area (Å²) in [5, 5.41) is 2.21. The lowest BCUT2D eigenvalue weighted by molar-refractivity contribution is 0.100. The van der Waals surface area contributed by atoms with E-state index in [1.54, 1.807) is 6.92 Å². The molecular weight excluding hydrogens is 398 g/mol. The molecule has 3 rings (SSSR count). The van der Waals surface area contributed by atoms with Crippen molar-refractivity contribution in [2.24, 2.45) is 0 Å². The molecule has 168 valence electrons. The third-order valence-corrected chi connectivity index (χ3v) is 8.09. The summed E-state index contributed by atoms with van der Waals surface area (Å²) >= 11 is 0. The van der Waals surface area contributed by atoms with E-state index >= 15 is 0 Å². The van der Waals surface area contributed by atoms with E-state index in [1.165, 1.54) is 22.3 Å². The molecule has 2 N–H and O–H groups in total. The standard InChI is InChI=1S/C23H37N3O3S/c1-15(2)26(23(4,5)6)14-16(3)30(28,29)25-22(27)24-21-19-11-7-9-17(19)13-18-10-8-12-20(18)21/h13,15-16H,7-12,14H2,1-6H3,(H2,24,25,27). The number of hydrogen-bond donors (Lipinski definition) is 2. The van der Waals surface area contributed by atoms with Gasteiger partial charge in [-0.15, -0.1) is 0 Å². The van der Waals surface area contributed by atoms with Gasteiger partial charge >= 0.3 is 6.03 Å². The van der Waals surface area contributed by atoms with Gasteiger partial charge < -0.3 is 5.32 Å². The molecule has 2 aliphatic carbocycles. The largest absolute Gasteiger partial charge is 0.332 e. The Morgan fingerprint density at radius 3 is 2.03 bits per heavy atom. The van der Waals surface area contributed by atoms with E-state index in [1.807, 2.05) is 0 Å². The third kappa shape index (κ3) is 4.83. The molecule has 1 atom stereocenters. The molecule has 2 amide bonds. The Labute approximate surface area is 181 Å². The van der Waals surface area contributed by atoms with Crippen molar-refractivity contribution < 1.29 is 13.2 Å². The summed E-state index contributed by atoms with van der Waals surface area (Å²) in [5.41, 5.74) is 5.69. The average molecular weight is 436 g/mol. The second-order valence-corrected chi connectivity index (χ2v) is 12.2. The van der Waals surface area contributed by atoms with Crippen LogP contribution in [0.15, 0.2) is 6.07 Å². The van der Waals surface area contributed by atoms with Crippen molar-refractivity contribution in [3.8, 4) is 0 Å². The molecule has 30 heavy (non-hydrogen) atoms. The van der Waals surface area contributed by atoms with Gasteiger partial charge in [-0.2, -0.15) is 0 Å². The number of carbonyl (C=O) groups excluding carboxylic acids is 1. The van der Waals surface area contributed by atoms with Crippen LogP contribution in [0.2, 0.25) is 0 Å². The van der Waals surface area contributed by atoms with Crippen LogP contribution in [0.4, 0.5) is 10.5 Å². The first kappa shape index (κ1) is 23.1. The summed E-state index contributed by atoms with van der Waals surface area (Å²) in [4.78, 5) is 14.9. The summed E-state index contributed by atoms with van der Waals surface area (Å²) in [6, 6.07) is 1.84. The molecule has 0 radical (unpaired) electrons. The van der Waals surface area contributed by atoms with Crippen LogP contribution in [0.3, 0.4) is 0 Å². The van der Waals surface area contributed by atoms with Crippen LogP contribution in [0.1, 0.15) is 76.6 Å². The third-order valence-electron chi connectivity index (χ3n) is 6.42. The number of aryl methyl sites for hydroxylation is 2. The lowest BCUT2D eigenvalue weighted by Crippen LogP contribution is -2.52. The zero-order valence-corrected chi connectivity index (χ0v) is 20.1. The smallest absolute Gasteiger partial charge is 0.307 e. The molecule has 0 heterocycles. The predicted molar refractivity (Wildman–Crippen MR) is 123 cm³/mol. The lowest BCUT2D eigenvalue weighted by Gasteiger charge is -2.40. The van der Waals surface area contributed by atoms with Crippen LogP contribution in [-0.4, -0.2) is 42.7 Å². The van der Waals surface area contributed by atoms with Gasteiger partial charge in [0.1, 0.15) is 0 Å². The predicted octanol–water partition coefficient (Wildman–Crippen LogP) is 4.01. The molecule has 2 aliphatic rings. The minimum absolute atomic E-state index is 0.161. The van der Waals surface area contributed by atoms with Crippen molar-refractivity contribution in [3.05, 3.63) is 28.3 Å². The van der Waals surface area contributed by atoms with Gasteiger partial charge in [0.2, 0.25) is 10.0 Å². The van der Waals surface area contributed by atoms with E-state index in [4.69, 9.17) is 0 Å². The average Bonchev–Trinajstić information content (AvgIpc) is 3.26. The van der Waals surface area contributed by atoms with E-state index in [2.05, 4.69) is 55.6 Å². The highest BCUT2D eigenvalue weighted by molar-refractivity contribution is 7.90. The summed E-state index contributed by atoms with van der Waals surface area (Å²) in [6.45, 7) is 12.4. The quantitative estimate of drug-likeness (QED) is 0.708. The molecule has 0 saturated carbocycles. The fourth-order valence-electron chi connectivity index (χ4n) is 4.97. The number of rotatable bonds is 6. The van der Waals surface area contributed by atoms with E-state index in [-0.39, 0.29) is 11.6 Å². The highest BCUT2D eigenvalue weighted by Gasteiger charge is 2.32. The van der Waals surface area contributed by atoms with Gasteiger partial charge in [0.15, 0.2) is 0 Å². The Balaban J connectivity index is 1.74. The van der Waals surface area contributed by atoms with Crippen molar-refractivity contribution in [1.29, 1.82) is 0 Å². The molecule has 7 heteroatoms. The molecule has 0 fully saturated rings. The molecule has 0 spiro atoms. The number of amides is 2. The maximum atomic E-state index is 12.9. The van der Waals surface area contributed by atoms with Crippen LogP contribution in [0.5, 0.6) is 0 Å². The molecule has 1 aromatic carbocycles. The van der Waals surface area contributed by atoms with Gasteiger partial charge in [0.25, 0.3) is 0 Å². The van der Waals surface area contributed by atoms with Gasteiger partial charge in [-0.25, -0.2) is 17.9 Å². The summed E-state index contributed by atoms with van der Waals surface area (Å²) in [6.07, 6.45) is 6.12. The summed E-state index contributed by atoms with van der Waals surface area (Å²) in [7, 11) is -3.80. The van der Waals surface area contributed by atoms with Gasteiger partial charge in [-0.05, 0) is 102 Å². The number of nitrogens with zero attached hydrogens (tertiary/aromatic N) is 1. The molecule has 1 unspecified atom stereocenters. The van der Waals surface area contributed by atoms with Crippen LogP contribution < -0.4 is 10.0 Å². The number of nitrogens with one attached hydrogen (secondary N) is 2. The zero-order valence-electron chi connectivity index (χ0n) is 19.3. The first-order valence-electron chi connectivity index (χ1n) is 11.2. The second kappa shape index (κ2) is 8.50. The highest BCUT2D eigenvalue weighted by atomic mass is 32.2. The van der Waals surface area contributed by atoms with Crippen molar-refractivity contribution >= 4 is 21.7 Å². The van der Waals surface area contributed by atoms with E-state index in [9.17, 15) is 13.2 Å². The maximum absolute atomic E-state index is 12.9. The van der Waals surface area contributed by atoms with Crippen LogP contribution in [0.25, 0.3) is 0 Å². The monoisotopic (exact) mass is 435 g/mol. The van der Waals surface area contributed by atoms with Crippen LogP contribution in [0, 0.1) is 0 Å². The van der Waals surface area contributed by atoms with E-state index < -0.39 is 21.3 Å². The van der Waals surface area contributed by atoms with Crippen LogP contribution in [-0.2, 0) is 35.7 Å². The number of carbonyl (C=O) groups is 1. The number of anilines is 1. The Morgan fingerprint density at radius 1 is 1.03 bits per heavy atom. The van der Waals surface area contributed by atoms with Crippen LogP contribution >= 0.6 is 0 Å². The summed E-state index contributed by atoms with van der Waals surface area (Å²) < 4.78 is 28.0. The van der Waals surface area contributed by atoms with Crippen molar-refractivity contribution in [3.63, 3.8) is 0 Å². The minimum atomic E-state index is -3.80. The molecule has 1 aromatic rings. The van der Waals surface area contributed by atoms with Crippen molar-refractivity contribution in [2.45, 2.75) is 96.9 Å². The van der Waals surface area contributed by atoms with Gasteiger partial charge in [0.05, 0.1) is 5.25 Å². The molecule has 0 aromatic heterocycles. The van der Waals surface area contributed by atoms with Gasteiger partial charge in [0, 0.05) is 23.8 Å². The fraction of sp³-hybridized carbons (Fsp3) is 0.696. The number of fused-ring (bicyclic) bond motifs is 2. The fourth-order valence-corrected chi connectivity index (χ4v) is 5.84.